The molecule has 2 N–H and O–H groups in total. The van der Waals surface area contributed by atoms with Gasteiger partial charge in [0, 0.05) is 0 Å². The lowest BCUT2D eigenvalue weighted by Gasteiger charge is -2.13. The fraction of sp³-hybridized carbons (Fsp3) is 0.188. The predicted molar refractivity (Wildman–Crippen MR) is 88.0 cm³/mol. The first-order chi connectivity index (χ1) is 11.3. The quantitative estimate of drug-likeness (QED) is 0.633. The van der Waals surface area contributed by atoms with E-state index in [9.17, 15) is 18.3 Å². The molecule has 7 nitrogen and oxygen atoms in total. The van der Waals surface area contributed by atoms with Crippen molar-refractivity contribution in [2.24, 2.45) is 0 Å². The number of aryl methyl sites for hydroxylation is 1. The highest BCUT2D eigenvalue weighted by molar-refractivity contribution is 7.92. The van der Waals surface area contributed by atoms with Crippen molar-refractivity contribution in [1.82, 2.24) is 0 Å². The van der Waals surface area contributed by atoms with E-state index in [2.05, 4.69) is 9.46 Å². The highest BCUT2D eigenvalue weighted by Gasteiger charge is 2.21. The standard InChI is InChI=1S/C16H17NO6S/c1-10-4-6-12(7-5-10)24(20,21)17-13-8-11(16(19)23-3)9-14(22-2)15(13)18/h4-9,17-18H,1-3H3. The molecular formula is C16H17NO6S. The monoisotopic (exact) mass is 351 g/mol. The smallest absolute Gasteiger partial charge is 0.338 e. The van der Waals surface area contributed by atoms with Crippen LogP contribution in [0.1, 0.15) is 15.9 Å². The van der Waals surface area contributed by atoms with E-state index in [0.717, 1.165) is 5.56 Å². The molecule has 2 aromatic rings. The van der Waals surface area contributed by atoms with Gasteiger partial charge >= 0.3 is 5.97 Å². The molecule has 8 heteroatoms. The Labute approximate surface area is 139 Å². The number of esters is 1. The number of benzene rings is 2. The average molecular weight is 351 g/mol. The molecule has 0 amide bonds. The molecule has 0 spiro atoms. The summed E-state index contributed by atoms with van der Waals surface area (Å²) >= 11 is 0. The minimum absolute atomic E-state index is 0.0231. The molecule has 2 rings (SSSR count). The lowest BCUT2D eigenvalue weighted by molar-refractivity contribution is 0.0600. The fourth-order valence-electron chi connectivity index (χ4n) is 2.00. The van der Waals surface area contributed by atoms with Gasteiger partial charge in [0.2, 0.25) is 0 Å². The molecule has 2 aromatic carbocycles. The van der Waals surface area contributed by atoms with Crippen LogP contribution in [0.3, 0.4) is 0 Å². The van der Waals surface area contributed by atoms with Gasteiger partial charge in [-0.3, -0.25) is 4.72 Å². The number of hydrogen-bond acceptors (Lipinski definition) is 6. The van der Waals surface area contributed by atoms with Crippen molar-refractivity contribution in [3.05, 3.63) is 47.5 Å². The van der Waals surface area contributed by atoms with Crippen LogP contribution in [-0.4, -0.2) is 33.7 Å². The maximum absolute atomic E-state index is 12.4. The number of ether oxygens (including phenoxy) is 2. The summed E-state index contributed by atoms with van der Waals surface area (Å²) in [7, 11) is -1.47. The van der Waals surface area contributed by atoms with Crippen LogP contribution in [0.4, 0.5) is 5.69 Å². The van der Waals surface area contributed by atoms with Gasteiger partial charge in [-0.25, -0.2) is 13.2 Å². The maximum Gasteiger partial charge on any atom is 0.338 e. The summed E-state index contributed by atoms with van der Waals surface area (Å²) in [4.78, 5) is 11.7. The van der Waals surface area contributed by atoms with E-state index < -0.39 is 21.7 Å². The van der Waals surface area contributed by atoms with Crippen LogP contribution in [-0.2, 0) is 14.8 Å². The lowest BCUT2D eigenvalue weighted by atomic mass is 10.1. The highest BCUT2D eigenvalue weighted by atomic mass is 32.2. The zero-order valence-electron chi connectivity index (χ0n) is 13.4. The molecule has 0 saturated carbocycles. The Morgan fingerprint density at radius 2 is 1.75 bits per heavy atom. The number of phenols is 1. The molecule has 0 unspecified atom stereocenters. The molecule has 0 saturated heterocycles. The lowest BCUT2D eigenvalue weighted by Crippen LogP contribution is -2.14. The van der Waals surface area contributed by atoms with E-state index in [0.29, 0.717) is 0 Å². The van der Waals surface area contributed by atoms with Gasteiger partial charge in [0.15, 0.2) is 11.5 Å². The van der Waals surface area contributed by atoms with Crippen molar-refractivity contribution in [1.29, 1.82) is 0 Å². The van der Waals surface area contributed by atoms with Gasteiger partial charge in [-0.2, -0.15) is 0 Å². The number of aromatic hydroxyl groups is 1. The Balaban J connectivity index is 2.47. The zero-order valence-corrected chi connectivity index (χ0v) is 14.2. The average Bonchev–Trinajstić information content (AvgIpc) is 2.56. The van der Waals surface area contributed by atoms with Gasteiger partial charge in [-0.15, -0.1) is 0 Å². The van der Waals surface area contributed by atoms with Crippen LogP contribution < -0.4 is 9.46 Å². The third-order valence-corrected chi connectivity index (χ3v) is 4.67. The van der Waals surface area contributed by atoms with Crippen LogP contribution in [0.25, 0.3) is 0 Å². The van der Waals surface area contributed by atoms with E-state index in [-0.39, 0.29) is 21.9 Å². The van der Waals surface area contributed by atoms with Gasteiger partial charge in [-0.05, 0) is 31.2 Å². The number of methoxy groups -OCH3 is 2. The molecule has 0 fully saturated rings. The van der Waals surface area contributed by atoms with Crippen LogP contribution in [0, 0.1) is 6.92 Å². The third-order valence-electron chi connectivity index (χ3n) is 3.29. The van der Waals surface area contributed by atoms with Crippen LogP contribution in [0.2, 0.25) is 0 Å². The second-order valence-corrected chi connectivity index (χ2v) is 6.67. The zero-order chi connectivity index (χ0) is 17.9. The van der Waals surface area contributed by atoms with Gasteiger partial charge < -0.3 is 14.6 Å². The van der Waals surface area contributed by atoms with Gasteiger partial charge in [0.05, 0.1) is 30.4 Å². The van der Waals surface area contributed by atoms with Crippen molar-refractivity contribution in [3.63, 3.8) is 0 Å². The summed E-state index contributed by atoms with van der Waals surface area (Å²) in [6.45, 7) is 1.83. The number of rotatable bonds is 5. The minimum atomic E-state index is -3.94. The number of carbonyl (C=O) groups excluding carboxylic acids is 1. The highest BCUT2D eigenvalue weighted by Crippen LogP contribution is 2.36. The molecule has 0 aliphatic rings. The Morgan fingerprint density at radius 3 is 2.29 bits per heavy atom. The van der Waals surface area contributed by atoms with Crippen molar-refractivity contribution < 1.29 is 27.8 Å². The largest absolute Gasteiger partial charge is 0.503 e. The SMILES string of the molecule is COC(=O)c1cc(NS(=O)(=O)c2ccc(C)cc2)c(O)c(OC)c1. The molecule has 0 heterocycles. The number of phenolic OH excluding ortho intramolecular Hbond substituents is 1. The predicted octanol–water partition coefficient (Wildman–Crippen LogP) is 2.30. The molecule has 0 atom stereocenters. The number of hydrogen-bond donors (Lipinski definition) is 2. The molecule has 0 bridgehead atoms. The van der Waals surface area contributed by atoms with Crippen molar-refractivity contribution in [2.75, 3.05) is 18.9 Å². The van der Waals surface area contributed by atoms with E-state index in [1.807, 2.05) is 6.92 Å². The summed E-state index contributed by atoms with van der Waals surface area (Å²) in [5.41, 5.74) is 0.759. The number of nitrogens with one attached hydrogen (secondary N) is 1. The third kappa shape index (κ3) is 3.60. The van der Waals surface area contributed by atoms with Gasteiger partial charge in [-0.1, -0.05) is 17.7 Å². The molecule has 128 valence electrons. The summed E-state index contributed by atoms with van der Waals surface area (Å²) in [6, 6.07) is 8.62. The summed E-state index contributed by atoms with van der Waals surface area (Å²) in [6.07, 6.45) is 0. The van der Waals surface area contributed by atoms with Crippen LogP contribution >= 0.6 is 0 Å². The first kappa shape index (κ1) is 17.6. The second-order valence-electron chi connectivity index (χ2n) is 4.98. The summed E-state index contributed by atoms with van der Waals surface area (Å²) in [5.74, 6) is -1.18. The molecule has 24 heavy (non-hydrogen) atoms. The Bertz CT molecular complexity index is 859. The summed E-state index contributed by atoms with van der Waals surface area (Å²) in [5, 5.41) is 10.1. The Morgan fingerprint density at radius 1 is 1.12 bits per heavy atom. The van der Waals surface area contributed by atoms with Crippen LogP contribution in [0.15, 0.2) is 41.3 Å². The van der Waals surface area contributed by atoms with Crippen molar-refractivity contribution in [3.8, 4) is 11.5 Å². The van der Waals surface area contributed by atoms with E-state index in [1.54, 1.807) is 12.1 Å². The minimum Gasteiger partial charge on any atom is -0.503 e. The molecule has 0 radical (unpaired) electrons. The molecule has 0 aliphatic carbocycles. The normalized spacial score (nSPS) is 11.0. The summed E-state index contributed by atoms with van der Waals surface area (Å²) < 4.78 is 36.7. The van der Waals surface area contributed by atoms with E-state index in [4.69, 9.17) is 4.74 Å². The number of carbonyl (C=O) groups is 1. The van der Waals surface area contributed by atoms with Crippen molar-refractivity contribution >= 4 is 21.7 Å². The maximum atomic E-state index is 12.4. The molecule has 0 aliphatic heterocycles. The molecular weight excluding hydrogens is 334 g/mol. The van der Waals surface area contributed by atoms with Gasteiger partial charge in [0.1, 0.15) is 0 Å². The van der Waals surface area contributed by atoms with E-state index >= 15 is 0 Å². The number of anilines is 1. The first-order valence-corrected chi connectivity index (χ1v) is 8.35. The topological polar surface area (TPSA) is 102 Å². The molecule has 0 aromatic heterocycles. The first-order valence-electron chi connectivity index (χ1n) is 6.87. The van der Waals surface area contributed by atoms with Gasteiger partial charge in [0.25, 0.3) is 10.0 Å². The van der Waals surface area contributed by atoms with Crippen LogP contribution in [0.5, 0.6) is 11.5 Å². The number of sulfonamides is 1. The van der Waals surface area contributed by atoms with E-state index in [1.165, 1.54) is 38.5 Å². The second kappa shape index (κ2) is 6.79. The van der Waals surface area contributed by atoms with Crippen molar-refractivity contribution in [2.45, 2.75) is 11.8 Å². The Kier molecular flexibility index (Phi) is 4.99. The Hall–Kier alpha value is -2.74. The fourth-order valence-corrected chi connectivity index (χ4v) is 3.06.